The first kappa shape index (κ1) is 17.4. The van der Waals surface area contributed by atoms with E-state index in [2.05, 4.69) is 6.58 Å². The summed E-state index contributed by atoms with van der Waals surface area (Å²) in [5, 5.41) is 8.96. The average Bonchev–Trinajstić information content (AvgIpc) is 2.34. The summed E-state index contributed by atoms with van der Waals surface area (Å²) >= 11 is 0. The number of carboxylic acids is 1. The zero-order valence-electron chi connectivity index (χ0n) is 12.5. The van der Waals surface area contributed by atoms with E-state index in [-0.39, 0.29) is 17.9 Å². The van der Waals surface area contributed by atoms with Crippen molar-refractivity contribution in [1.82, 2.24) is 4.31 Å². The summed E-state index contributed by atoms with van der Waals surface area (Å²) in [6.07, 6.45) is 1.54. The molecule has 0 aliphatic heterocycles. The van der Waals surface area contributed by atoms with Gasteiger partial charge in [-0.2, -0.15) is 4.31 Å². The van der Waals surface area contributed by atoms with Gasteiger partial charge in [0.1, 0.15) is 0 Å². The van der Waals surface area contributed by atoms with Crippen molar-refractivity contribution in [2.24, 2.45) is 0 Å². The highest BCUT2D eigenvalue weighted by Gasteiger charge is 2.31. The van der Waals surface area contributed by atoms with E-state index in [0.29, 0.717) is 5.56 Å². The van der Waals surface area contributed by atoms with E-state index in [9.17, 15) is 13.2 Å². The minimum absolute atomic E-state index is 0.0775. The molecular formula is C15H21NO4S. The molecule has 21 heavy (non-hydrogen) atoms. The minimum atomic E-state index is -3.57. The van der Waals surface area contributed by atoms with Crippen molar-refractivity contribution in [2.45, 2.75) is 32.1 Å². The standard InChI is InChI=1S/C15H21NO4S/c1-5-9-16(15(2,3)4)21(19,20)11-12-7-6-8-13(10-12)14(17)18/h5-8,10H,1,9,11H2,2-4H3,(H,17,18). The van der Waals surface area contributed by atoms with E-state index in [1.54, 1.807) is 12.1 Å². The van der Waals surface area contributed by atoms with Crippen molar-refractivity contribution < 1.29 is 18.3 Å². The third-order valence-corrected chi connectivity index (χ3v) is 4.97. The van der Waals surface area contributed by atoms with E-state index in [4.69, 9.17) is 5.11 Å². The molecule has 0 heterocycles. The van der Waals surface area contributed by atoms with Crippen LogP contribution in [-0.2, 0) is 15.8 Å². The Labute approximate surface area is 126 Å². The average molecular weight is 311 g/mol. The van der Waals surface area contributed by atoms with Crippen molar-refractivity contribution in [3.05, 3.63) is 48.0 Å². The fraction of sp³-hybridized carbons (Fsp3) is 0.400. The molecule has 116 valence electrons. The molecule has 1 aromatic carbocycles. The number of rotatable bonds is 6. The Morgan fingerprint density at radius 3 is 2.48 bits per heavy atom. The Balaban J connectivity index is 3.11. The Kier molecular flexibility index (Phi) is 5.31. The minimum Gasteiger partial charge on any atom is -0.478 e. The molecule has 6 heteroatoms. The molecule has 0 aliphatic rings. The van der Waals surface area contributed by atoms with Gasteiger partial charge >= 0.3 is 5.97 Å². The molecule has 0 saturated heterocycles. The molecule has 0 unspecified atom stereocenters. The summed E-state index contributed by atoms with van der Waals surface area (Å²) in [7, 11) is -3.57. The van der Waals surface area contributed by atoms with Gasteiger partial charge in [0.05, 0.1) is 11.3 Å². The molecule has 1 aromatic rings. The number of aromatic carboxylic acids is 1. The van der Waals surface area contributed by atoms with Crippen LogP contribution in [-0.4, -0.2) is 35.9 Å². The highest BCUT2D eigenvalue weighted by Crippen LogP contribution is 2.21. The van der Waals surface area contributed by atoms with Gasteiger partial charge in [0.15, 0.2) is 0 Å². The summed E-state index contributed by atoms with van der Waals surface area (Å²) in [4.78, 5) is 10.9. The second-order valence-corrected chi connectivity index (χ2v) is 7.65. The predicted octanol–water partition coefficient (Wildman–Crippen LogP) is 2.50. The third kappa shape index (κ3) is 4.68. The molecule has 0 aliphatic carbocycles. The summed E-state index contributed by atoms with van der Waals surface area (Å²) in [5.74, 6) is -1.31. The van der Waals surface area contributed by atoms with Crippen LogP contribution in [0, 0.1) is 0 Å². The molecule has 0 amide bonds. The Morgan fingerprint density at radius 2 is 2.00 bits per heavy atom. The van der Waals surface area contributed by atoms with E-state index < -0.39 is 21.5 Å². The van der Waals surface area contributed by atoms with Crippen LogP contribution in [0.1, 0.15) is 36.7 Å². The maximum atomic E-state index is 12.5. The van der Waals surface area contributed by atoms with Crippen molar-refractivity contribution in [3.63, 3.8) is 0 Å². The maximum Gasteiger partial charge on any atom is 0.335 e. The van der Waals surface area contributed by atoms with Crippen LogP contribution >= 0.6 is 0 Å². The second-order valence-electron chi connectivity index (χ2n) is 5.75. The summed E-state index contributed by atoms with van der Waals surface area (Å²) < 4.78 is 26.5. The fourth-order valence-corrected chi connectivity index (χ4v) is 3.93. The molecule has 0 saturated carbocycles. The molecular weight excluding hydrogens is 290 g/mol. The summed E-state index contributed by atoms with van der Waals surface area (Å²) in [6, 6.07) is 5.97. The first-order chi connectivity index (χ1) is 9.58. The normalized spacial score (nSPS) is 12.4. The molecule has 1 N–H and O–H groups in total. The van der Waals surface area contributed by atoms with Gasteiger partial charge in [-0.25, -0.2) is 13.2 Å². The van der Waals surface area contributed by atoms with E-state index >= 15 is 0 Å². The number of benzene rings is 1. The van der Waals surface area contributed by atoms with Gasteiger partial charge < -0.3 is 5.11 Å². The monoisotopic (exact) mass is 311 g/mol. The third-order valence-electron chi connectivity index (χ3n) is 2.90. The van der Waals surface area contributed by atoms with Crippen molar-refractivity contribution in [2.75, 3.05) is 6.54 Å². The predicted molar refractivity (Wildman–Crippen MR) is 82.7 cm³/mol. The lowest BCUT2D eigenvalue weighted by Gasteiger charge is -2.33. The Hall–Kier alpha value is -1.66. The lowest BCUT2D eigenvalue weighted by Crippen LogP contribution is -2.46. The van der Waals surface area contributed by atoms with E-state index in [1.807, 2.05) is 20.8 Å². The molecule has 0 spiro atoms. The highest BCUT2D eigenvalue weighted by molar-refractivity contribution is 7.88. The van der Waals surface area contributed by atoms with Crippen LogP contribution in [0.25, 0.3) is 0 Å². The first-order valence-corrected chi connectivity index (χ1v) is 8.12. The number of carbonyl (C=O) groups is 1. The van der Waals surface area contributed by atoms with E-state index in [0.717, 1.165) is 0 Å². The maximum absolute atomic E-state index is 12.5. The number of hydrogen-bond acceptors (Lipinski definition) is 3. The molecule has 0 bridgehead atoms. The zero-order valence-corrected chi connectivity index (χ0v) is 13.4. The van der Waals surface area contributed by atoms with Crippen molar-refractivity contribution in [1.29, 1.82) is 0 Å². The Morgan fingerprint density at radius 1 is 1.38 bits per heavy atom. The number of nitrogens with zero attached hydrogens (tertiary/aromatic N) is 1. The molecule has 0 aromatic heterocycles. The van der Waals surface area contributed by atoms with Gasteiger partial charge in [-0.1, -0.05) is 18.2 Å². The smallest absolute Gasteiger partial charge is 0.335 e. The highest BCUT2D eigenvalue weighted by atomic mass is 32.2. The van der Waals surface area contributed by atoms with Crippen LogP contribution in [0.2, 0.25) is 0 Å². The second kappa shape index (κ2) is 6.41. The summed E-state index contributed by atoms with van der Waals surface area (Å²) in [5.41, 5.74) is -0.0424. The lowest BCUT2D eigenvalue weighted by molar-refractivity contribution is 0.0696. The van der Waals surface area contributed by atoms with Gasteiger partial charge in [-0.15, -0.1) is 6.58 Å². The number of carboxylic acid groups (broad SMARTS) is 1. The number of hydrogen-bond donors (Lipinski definition) is 1. The van der Waals surface area contributed by atoms with Gasteiger partial charge in [0, 0.05) is 12.1 Å². The van der Waals surface area contributed by atoms with Crippen LogP contribution in [0.3, 0.4) is 0 Å². The zero-order chi connectivity index (χ0) is 16.3. The van der Waals surface area contributed by atoms with Crippen LogP contribution < -0.4 is 0 Å². The van der Waals surface area contributed by atoms with Crippen molar-refractivity contribution >= 4 is 16.0 Å². The van der Waals surface area contributed by atoms with Crippen LogP contribution in [0.4, 0.5) is 0 Å². The van der Waals surface area contributed by atoms with Gasteiger partial charge in [0.2, 0.25) is 10.0 Å². The Bertz CT molecular complexity index is 629. The fourth-order valence-electron chi connectivity index (χ4n) is 2.00. The van der Waals surface area contributed by atoms with Crippen molar-refractivity contribution in [3.8, 4) is 0 Å². The molecule has 5 nitrogen and oxygen atoms in total. The lowest BCUT2D eigenvalue weighted by atomic mass is 10.1. The van der Waals surface area contributed by atoms with Crippen LogP contribution in [0.5, 0.6) is 0 Å². The quantitative estimate of drug-likeness (QED) is 0.819. The largest absolute Gasteiger partial charge is 0.478 e. The first-order valence-electron chi connectivity index (χ1n) is 6.51. The summed E-state index contributed by atoms with van der Waals surface area (Å²) in [6.45, 7) is 9.22. The van der Waals surface area contributed by atoms with Crippen LogP contribution in [0.15, 0.2) is 36.9 Å². The molecule has 0 fully saturated rings. The van der Waals surface area contributed by atoms with Gasteiger partial charge in [0.25, 0.3) is 0 Å². The van der Waals surface area contributed by atoms with Gasteiger partial charge in [-0.05, 0) is 38.5 Å². The topological polar surface area (TPSA) is 74.7 Å². The van der Waals surface area contributed by atoms with Gasteiger partial charge in [-0.3, -0.25) is 0 Å². The SMILES string of the molecule is C=CCN(C(C)(C)C)S(=O)(=O)Cc1cccc(C(=O)O)c1. The molecule has 0 radical (unpaired) electrons. The molecule has 1 rings (SSSR count). The van der Waals surface area contributed by atoms with E-state index in [1.165, 1.54) is 22.5 Å². The number of sulfonamides is 1. The molecule has 0 atom stereocenters.